The molecule has 43 heavy (non-hydrogen) atoms. The van der Waals surface area contributed by atoms with Crippen LogP contribution in [0.4, 0.5) is 5.69 Å². The van der Waals surface area contributed by atoms with Crippen molar-refractivity contribution in [3.05, 3.63) is 84.4 Å². The number of para-hydroxylation sites is 2. The number of rotatable bonds is 17. The molecule has 2 unspecified atom stereocenters. The van der Waals surface area contributed by atoms with Crippen LogP contribution in [0.15, 0.2) is 78.9 Å². The first-order valence-electron chi connectivity index (χ1n) is 14.4. The molecular formula is C32H42N6O5. The first-order valence-corrected chi connectivity index (χ1v) is 14.4. The minimum Gasteiger partial charge on any atom is -0.494 e. The zero-order valence-corrected chi connectivity index (χ0v) is 24.5. The van der Waals surface area contributed by atoms with E-state index in [-0.39, 0.29) is 25.4 Å². The van der Waals surface area contributed by atoms with Crippen LogP contribution in [0.3, 0.4) is 0 Å². The summed E-state index contributed by atoms with van der Waals surface area (Å²) < 4.78 is 11.5. The Labute approximate surface area is 252 Å². The number of nitrogens with two attached hydrogens (primary N) is 3. The van der Waals surface area contributed by atoms with Crippen LogP contribution in [0.1, 0.15) is 25.3 Å². The number of anilines is 1. The van der Waals surface area contributed by atoms with Crippen LogP contribution in [0, 0.1) is 0 Å². The largest absolute Gasteiger partial charge is 0.494 e. The van der Waals surface area contributed by atoms with Gasteiger partial charge in [-0.15, -0.1) is 0 Å². The molecule has 3 aromatic rings. The lowest BCUT2D eigenvalue weighted by atomic mass is 10.0. The van der Waals surface area contributed by atoms with Crippen molar-refractivity contribution < 1.29 is 23.9 Å². The second-order valence-corrected chi connectivity index (χ2v) is 9.85. The average molecular weight is 591 g/mol. The molecular weight excluding hydrogens is 548 g/mol. The summed E-state index contributed by atoms with van der Waals surface area (Å²) >= 11 is 0. The molecule has 0 aliphatic heterocycles. The SMILES string of the molecule is CCOc1ccc(Oc2ccccc2NC(=O)C(CCc2ccccc2)NC(=O)C(N)CC(=O)N(CCN)CCN)cc1. The third-order valence-electron chi connectivity index (χ3n) is 6.59. The highest BCUT2D eigenvalue weighted by Crippen LogP contribution is 2.30. The van der Waals surface area contributed by atoms with Gasteiger partial charge in [0.05, 0.1) is 24.8 Å². The van der Waals surface area contributed by atoms with E-state index in [1.54, 1.807) is 48.5 Å². The lowest BCUT2D eigenvalue weighted by molar-refractivity contribution is -0.134. The Bertz CT molecular complexity index is 1300. The number of benzene rings is 3. The van der Waals surface area contributed by atoms with Gasteiger partial charge >= 0.3 is 0 Å². The van der Waals surface area contributed by atoms with E-state index >= 15 is 0 Å². The van der Waals surface area contributed by atoms with Crippen LogP contribution >= 0.6 is 0 Å². The number of carbonyl (C=O) groups excluding carboxylic acids is 3. The van der Waals surface area contributed by atoms with Crippen molar-refractivity contribution in [2.24, 2.45) is 17.2 Å². The quantitative estimate of drug-likeness (QED) is 0.159. The topological polar surface area (TPSA) is 175 Å². The van der Waals surface area contributed by atoms with Crippen LogP contribution in [0.25, 0.3) is 0 Å². The molecule has 0 aliphatic carbocycles. The van der Waals surface area contributed by atoms with E-state index in [0.29, 0.717) is 49.7 Å². The number of nitrogens with zero attached hydrogens (tertiary/aromatic N) is 1. The van der Waals surface area contributed by atoms with Gasteiger partial charge in [0.15, 0.2) is 5.75 Å². The maximum absolute atomic E-state index is 13.6. The van der Waals surface area contributed by atoms with Crippen LogP contribution < -0.4 is 37.3 Å². The Hall–Kier alpha value is -4.45. The summed E-state index contributed by atoms with van der Waals surface area (Å²) in [7, 11) is 0. The smallest absolute Gasteiger partial charge is 0.247 e. The zero-order valence-electron chi connectivity index (χ0n) is 24.5. The van der Waals surface area contributed by atoms with E-state index in [0.717, 1.165) is 11.3 Å². The summed E-state index contributed by atoms with van der Waals surface area (Å²) in [5, 5.41) is 5.64. The normalized spacial score (nSPS) is 12.1. The molecule has 3 rings (SSSR count). The Kier molecular flexibility index (Phi) is 13.4. The second kappa shape index (κ2) is 17.5. The highest BCUT2D eigenvalue weighted by molar-refractivity contribution is 5.99. The number of ether oxygens (including phenoxy) is 2. The molecule has 3 amide bonds. The molecule has 0 saturated carbocycles. The third-order valence-corrected chi connectivity index (χ3v) is 6.59. The molecule has 0 radical (unpaired) electrons. The number of amides is 3. The first kappa shape index (κ1) is 33.1. The van der Waals surface area contributed by atoms with Crippen molar-refractivity contribution in [1.82, 2.24) is 10.2 Å². The maximum Gasteiger partial charge on any atom is 0.247 e. The van der Waals surface area contributed by atoms with E-state index in [2.05, 4.69) is 10.6 Å². The number of carbonyl (C=O) groups is 3. The predicted octanol–water partition coefficient (Wildman–Crippen LogP) is 2.40. The molecule has 11 heteroatoms. The van der Waals surface area contributed by atoms with Gasteiger partial charge in [0.2, 0.25) is 17.7 Å². The number of hydrogen-bond acceptors (Lipinski definition) is 8. The zero-order chi connectivity index (χ0) is 31.0. The monoisotopic (exact) mass is 590 g/mol. The molecule has 3 aromatic carbocycles. The Morgan fingerprint density at radius 3 is 2.12 bits per heavy atom. The van der Waals surface area contributed by atoms with Crippen LogP contribution in [0.5, 0.6) is 17.2 Å². The highest BCUT2D eigenvalue weighted by atomic mass is 16.5. The molecule has 0 aliphatic rings. The van der Waals surface area contributed by atoms with Crippen LogP contribution in [0.2, 0.25) is 0 Å². The van der Waals surface area contributed by atoms with Gasteiger partial charge in [0.25, 0.3) is 0 Å². The number of nitrogens with one attached hydrogen (secondary N) is 2. The summed E-state index contributed by atoms with van der Waals surface area (Å²) in [5.41, 5.74) is 18.7. The molecule has 230 valence electrons. The molecule has 2 atom stereocenters. The summed E-state index contributed by atoms with van der Waals surface area (Å²) in [6, 6.07) is 21.7. The van der Waals surface area contributed by atoms with Crippen LogP contribution in [-0.2, 0) is 20.8 Å². The molecule has 0 bridgehead atoms. The summed E-state index contributed by atoms with van der Waals surface area (Å²) in [5.74, 6) is 0.326. The standard InChI is InChI=1S/C32H42N6O5/c1-2-42-24-13-15-25(16-14-24)43-29-11-7-6-10-27(29)36-32(41)28(17-12-23-8-4-3-5-9-23)37-31(40)26(35)22-30(39)38(20-18-33)21-19-34/h3-11,13-16,26,28H,2,12,17-22,33-35H2,1H3,(H,36,41)(H,37,40). The molecule has 0 spiro atoms. The van der Waals surface area contributed by atoms with Gasteiger partial charge in [-0.25, -0.2) is 0 Å². The first-order chi connectivity index (χ1) is 20.8. The predicted molar refractivity (Wildman–Crippen MR) is 167 cm³/mol. The van der Waals surface area contributed by atoms with Crippen molar-refractivity contribution in [3.8, 4) is 17.2 Å². The van der Waals surface area contributed by atoms with E-state index in [9.17, 15) is 14.4 Å². The molecule has 8 N–H and O–H groups in total. The fraction of sp³-hybridized carbons (Fsp3) is 0.344. The summed E-state index contributed by atoms with van der Waals surface area (Å²) in [4.78, 5) is 40.9. The fourth-order valence-electron chi connectivity index (χ4n) is 4.36. The molecule has 0 aromatic heterocycles. The van der Waals surface area contributed by atoms with Gasteiger partial charge in [-0.1, -0.05) is 42.5 Å². The molecule has 0 saturated heterocycles. The maximum atomic E-state index is 13.6. The van der Waals surface area contributed by atoms with E-state index in [1.807, 2.05) is 37.3 Å². The van der Waals surface area contributed by atoms with Gasteiger partial charge < -0.3 is 42.2 Å². The van der Waals surface area contributed by atoms with Crippen LogP contribution in [-0.4, -0.2) is 67.5 Å². The fourth-order valence-corrected chi connectivity index (χ4v) is 4.36. The van der Waals surface area contributed by atoms with Crippen molar-refractivity contribution in [2.45, 2.75) is 38.3 Å². The molecule has 0 heterocycles. The number of aryl methyl sites for hydroxylation is 1. The third kappa shape index (κ3) is 10.7. The summed E-state index contributed by atoms with van der Waals surface area (Å²) in [6.45, 7) is 3.61. The summed E-state index contributed by atoms with van der Waals surface area (Å²) in [6.07, 6.45) is 0.590. The van der Waals surface area contributed by atoms with Crippen molar-refractivity contribution in [1.29, 1.82) is 0 Å². The van der Waals surface area contributed by atoms with Gasteiger partial charge in [0, 0.05) is 26.2 Å². The van der Waals surface area contributed by atoms with Crippen molar-refractivity contribution >= 4 is 23.4 Å². The highest BCUT2D eigenvalue weighted by Gasteiger charge is 2.27. The van der Waals surface area contributed by atoms with Gasteiger partial charge in [-0.3, -0.25) is 14.4 Å². The Morgan fingerprint density at radius 2 is 1.47 bits per heavy atom. The van der Waals surface area contributed by atoms with E-state index < -0.39 is 23.9 Å². The van der Waals surface area contributed by atoms with Crippen molar-refractivity contribution in [3.63, 3.8) is 0 Å². The van der Waals surface area contributed by atoms with E-state index in [4.69, 9.17) is 26.7 Å². The lowest BCUT2D eigenvalue weighted by Gasteiger charge is -2.24. The van der Waals surface area contributed by atoms with Crippen molar-refractivity contribution in [2.75, 3.05) is 38.1 Å². The van der Waals surface area contributed by atoms with Gasteiger partial charge in [-0.05, 0) is 61.7 Å². The Morgan fingerprint density at radius 1 is 0.837 bits per heavy atom. The van der Waals surface area contributed by atoms with Gasteiger partial charge in [0.1, 0.15) is 17.5 Å². The number of hydrogen-bond donors (Lipinski definition) is 5. The average Bonchev–Trinajstić information content (AvgIpc) is 3.01. The molecule has 11 nitrogen and oxygen atoms in total. The lowest BCUT2D eigenvalue weighted by Crippen LogP contribution is -2.52. The second-order valence-electron chi connectivity index (χ2n) is 9.85. The van der Waals surface area contributed by atoms with Gasteiger partial charge in [-0.2, -0.15) is 0 Å². The van der Waals surface area contributed by atoms with E-state index in [1.165, 1.54) is 4.90 Å². The molecule has 0 fully saturated rings. The minimum absolute atomic E-state index is 0.238. The minimum atomic E-state index is -1.16. The Balaban J connectivity index is 1.73.